The van der Waals surface area contributed by atoms with E-state index in [9.17, 15) is 13.7 Å². The number of anilines is 1. The number of sulfonamides is 1. The molecule has 112 valence electrons. The van der Waals surface area contributed by atoms with Gasteiger partial charge < -0.3 is 4.57 Å². The number of hydrogen-bond acceptors (Lipinski definition) is 5. The fraction of sp³-hybridized carbons (Fsp3) is 0.143. The molecule has 0 bridgehead atoms. The van der Waals surface area contributed by atoms with Crippen LogP contribution >= 0.6 is 11.3 Å². The van der Waals surface area contributed by atoms with Gasteiger partial charge in [-0.15, -0.1) is 11.3 Å². The zero-order valence-corrected chi connectivity index (χ0v) is 13.5. The summed E-state index contributed by atoms with van der Waals surface area (Å²) in [5.74, 6) is 0. The first-order valence-corrected chi connectivity index (χ1v) is 8.71. The van der Waals surface area contributed by atoms with Crippen LogP contribution in [-0.4, -0.2) is 18.0 Å². The molecule has 1 aromatic carbocycles. The summed E-state index contributed by atoms with van der Waals surface area (Å²) in [5, 5.41) is 11.6. The van der Waals surface area contributed by atoms with Crippen LogP contribution in [0.4, 0.5) is 5.69 Å². The molecule has 2 heterocycles. The first-order valence-electron chi connectivity index (χ1n) is 6.35. The molecular weight excluding hydrogens is 320 g/mol. The zero-order valence-electron chi connectivity index (χ0n) is 11.9. The summed E-state index contributed by atoms with van der Waals surface area (Å²) < 4.78 is 29.0. The van der Waals surface area contributed by atoms with Gasteiger partial charge in [-0.25, -0.2) is 4.98 Å². The van der Waals surface area contributed by atoms with Crippen molar-refractivity contribution in [2.75, 3.05) is 4.72 Å². The van der Waals surface area contributed by atoms with Crippen molar-refractivity contribution in [3.8, 4) is 6.07 Å². The minimum atomic E-state index is -3.73. The third-order valence-corrected chi connectivity index (χ3v) is 5.90. The first kappa shape index (κ1) is 14.6. The lowest BCUT2D eigenvalue weighted by Crippen LogP contribution is -2.13. The molecule has 22 heavy (non-hydrogen) atoms. The van der Waals surface area contributed by atoms with Crippen molar-refractivity contribution >= 4 is 38.0 Å². The van der Waals surface area contributed by atoms with Gasteiger partial charge in [-0.05, 0) is 18.6 Å². The van der Waals surface area contributed by atoms with E-state index in [4.69, 9.17) is 0 Å². The van der Waals surface area contributed by atoms with Crippen LogP contribution in [0.3, 0.4) is 0 Å². The Morgan fingerprint density at radius 1 is 1.41 bits per heavy atom. The van der Waals surface area contributed by atoms with E-state index < -0.39 is 10.0 Å². The van der Waals surface area contributed by atoms with Crippen LogP contribution in [-0.2, 0) is 17.1 Å². The molecule has 0 aliphatic heterocycles. The summed E-state index contributed by atoms with van der Waals surface area (Å²) in [4.78, 5) is 3.83. The Kier molecular flexibility index (Phi) is 3.39. The van der Waals surface area contributed by atoms with Gasteiger partial charge in [0, 0.05) is 30.2 Å². The Bertz CT molecular complexity index is 996. The van der Waals surface area contributed by atoms with E-state index in [-0.39, 0.29) is 4.34 Å². The number of nitriles is 1. The van der Waals surface area contributed by atoms with E-state index in [0.717, 1.165) is 22.3 Å². The molecule has 0 fully saturated rings. The lowest BCUT2D eigenvalue weighted by molar-refractivity contribution is 0.600. The average Bonchev–Trinajstić information content (AvgIpc) is 3.10. The highest BCUT2D eigenvalue weighted by atomic mass is 32.2. The number of fused-ring (bicyclic) bond motifs is 1. The average molecular weight is 332 g/mol. The summed E-state index contributed by atoms with van der Waals surface area (Å²) in [7, 11) is -1.95. The van der Waals surface area contributed by atoms with Crippen LogP contribution < -0.4 is 4.72 Å². The second-order valence-corrected chi connectivity index (χ2v) is 7.57. The van der Waals surface area contributed by atoms with E-state index in [1.165, 1.54) is 6.20 Å². The summed E-state index contributed by atoms with van der Waals surface area (Å²) in [6.07, 6.45) is 3.14. The van der Waals surface area contributed by atoms with Crippen LogP contribution in [0.25, 0.3) is 10.9 Å². The Morgan fingerprint density at radius 2 is 2.18 bits per heavy atom. The van der Waals surface area contributed by atoms with Gasteiger partial charge in [0.2, 0.25) is 4.34 Å². The summed E-state index contributed by atoms with van der Waals surface area (Å²) in [6.45, 7) is 1.89. The minimum absolute atomic E-state index is 0.0101. The molecule has 0 aliphatic carbocycles. The highest BCUT2D eigenvalue weighted by Crippen LogP contribution is 2.31. The number of hydrogen-bond donors (Lipinski definition) is 1. The SMILES string of the molecule is Cc1ccc(NS(=O)(=O)c2nccs2)c2c1c(C#N)cn2C. The number of thiazole rings is 1. The van der Waals surface area contributed by atoms with Gasteiger partial charge in [0.15, 0.2) is 0 Å². The number of aryl methyl sites for hydroxylation is 2. The largest absolute Gasteiger partial charge is 0.347 e. The van der Waals surface area contributed by atoms with E-state index in [0.29, 0.717) is 16.8 Å². The van der Waals surface area contributed by atoms with Crippen molar-refractivity contribution in [1.29, 1.82) is 5.26 Å². The van der Waals surface area contributed by atoms with Gasteiger partial charge in [0.1, 0.15) is 6.07 Å². The number of aromatic nitrogens is 2. The van der Waals surface area contributed by atoms with Crippen molar-refractivity contribution in [2.45, 2.75) is 11.3 Å². The molecule has 0 saturated heterocycles. The van der Waals surface area contributed by atoms with Crippen LogP contribution in [0.2, 0.25) is 0 Å². The van der Waals surface area contributed by atoms with Gasteiger partial charge in [-0.3, -0.25) is 4.72 Å². The normalized spacial score (nSPS) is 11.5. The van der Waals surface area contributed by atoms with Crippen molar-refractivity contribution in [2.24, 2.45) is 7.05 Å². The predicted molar refractivity (Wildman–Crippen MR) is 85.3 cm³/mol. The fourth-order valence-electron chi connectivity index (χ4n) is 2.42. The monoisotopic (exact) mass is 332 g/mol. The van der Waals surface area contributed by atoms with Gasteiger partial charge >= 0.3 is 0 Å². The van der Waals surface area contributed by atoms with Gasteiger partial charge in [-0.1, -0.05) is 6.07 Å². The molecule has 1 N–H and O–H groups in total. The van der Waals surface area contributed by atoms with Crippen molar-refractivity contribution in [3.05, 3.63) is 41.0 Å². The molecule has 3 aromatic rings. The molecule has 0 radical (unpaired) electrons. The van der Waals surface area contributed by atoms with Crippen LogP contribution in [0.5, 0.6) is 0 Å². The third-order valence-electron chi connectivity index (χ3n) is 3.34. The van der Waals surface area contributed by atoms with Crippen molar-refractivity contribution in [1.82, 2.24) is 9.55 Å². The molecule has 8 heteroatoms. The second-order valence-electron chi connectivity index (χ2n) is 4.82. The smallest absolute Gasteiger partial charge is 0.289 e. The summed E-state index contributed by atoms with van der Waals surface area (Å²) in [6, 6.07) is 5.63. The zero-order chi connectivity index (χ0) is 15.9. The lowest BCUT2D eigenvalue weighted by atomic mass is 10.1. The molecule has 0 amide bonds. The minimum Gasteiger partial charge on any atom is -0.347 e. The number of nitrogens with zero attached hydrogens (tertiary/aromatic N) is 3. The maximum Gasteiger partial charge on any atom is 0.289 e. The molecule has 0 aliphatic rings. The van der Waals surface area contributed by atoms with Crippen LogP contribution in [0.1, 0.15) is 11.1 Å². The Labute approximate surface area is 131 Å². The van der Waals surface area contributed by atoms with E-state index in [1.54, 1.807) is 35.3 Å². The standard InChI is InChI=1S/C14H12N4O2S2/c1-9-3-4-11(13-12(9)10(7-15)8-18(13)2)17-22(19,20)14-16-5-6-21-14/h3-6,8,17H,1-2H3. The lowest BCUT2D eigenvalue weighted by Gasteiger charge is -2.10. The Morgan fingerprint density at radius 3 is 2.82 bits per heavy atom. The summed E-state index contributed by atoms with van der Waals surface area (Å²) >= 11 is 1.05. The summed E-state index contributed by atoms with van der Waals surface area (Å²) in [5.41, 5.74) is 2.55. The predicted octanol–water partition coefficient (Wildman–Crippen LogP) is 2.62. The molecule has 0 spiro atoms. The number of rotatable bonds is 3. The van der Waals surface area contributed by atoms with E-state index in [2.05, 4.69) is 15.8 Å². The van der Waals surface area contributed by atoms with Crippen LogP contribution in [0.15, 0.2) is 34.2 Å². The molecule has 0 unspecified atom stereocenters. The van der Waals surface area contributed by atoms with Crippen LogP contribution in [0, 0.1) is 18.3 Å². The third kappa shape index (κ3) is 2.24. The Hall–Kier alpha value is -2.37. The molecule has 2 aromatic heterocycles. The second kappa shape index (κ2) is 5.12. The molecule has 0 saturated carbocycles. The quantitative estimate of drug-likeness (QED) is 0.798. The Balaban J connectivity index is 2.20. The van der Waals surface area contributed by atoms with Gasteiger partial charge in [0.25, 0.3) is 10.0 Å². The highest BCUT2D eigenvalue weighted by molar-refractivity contribution is 7.94. The molecular formula is C14H12N4O2S2. The van der Waals surface area contributed by atoms with Crippen molar-refractivity contribution < 1.29 is 8.42 Å². The van der Waals surface area contributed by atoms with E-state index in [1.807, 2.05) is 6.92 Å². The molecule has 6 nitrogen and oxygen atoms in total. The molecule has 0 atom stereocenters. The molecule has 3 rings (SSSR count). The van der Waals surface area contributed by atoms with Crippen molar-refractivity contribution in [3.63, 3.8) is 0 Å². The maximum atomic E-state index is 12.3. The highest BCUT2D eigenvalue weighted by Gasteiger charge is 2.20. The van der Waals surface area contributed by atoms with Gasteiger partial charge in [0.05, 0.1) is 16.8 Å². The van der Waals surface area contributed by atoms with E-state index >= 15 is 0 Å². The first-order chi connectivity index (χ1) is 10.4. The fourth-order valence-corrected chi connectivity index (χ4v) is 4.32. The number of nitrogens with one attached hydrogen (secondary N) is 1. The number of benzene rings is 1. The topological polar surface area (TPSA) is 87.8 Å². The maximum absolute atomic E-state index is 12.3. The van der Waals surface area contributed by atoms with Gasteiger partial charge in [-0.2, -0.15) is 13.7 Å².